The second-order valence-electron chi connectivity index (χ2n) is 3.89. The molecule has 0 aliphatic carbocycles. The molecule has 1 aromatic rings. The molecule has 1 atom stereocenters. The maximum absolute atomic E-state index is 12.1. The maximum atomic E-state index is 12.1. The standard InChI is InChI=1S/C12H15ClN2O2S/c1-4-9(5-2)15-18(16,17)10-6-8(3)12(13)11(14)7-10/h1,6-7,9,15H,5,14H2,2-3H3. The fraction of sp³-hybridized carbons (Fsp3) is 0.333. The van der Waals surface area contributed by atoms with Crippen LogP contribution in [0.3, 0.4) is 0 Å². The van der Waals surface area contributed by atoms with Crippen LogP contribution in [0.5, 0.6) is 0 Å². The van der Waals surface area contributed by atoms with Crippen molar-refractivity contribution in [3.8, 4) is 12.3 Å². The lowest BCUT2D eigenvalue weighted by Crippen LogP contribution is -2.33. The molecule has 0 radical (unpaired) electrons. The highest BCUT2D eigenvalue weighted by atomic mass is 35.5. The molecule has 1 unspecified atom stereocenters. The molecular formula is C12H15ClN2O2S. The Morgan fingerprint density at radius 1 is 1.56 bits per heavy atom. The van der Waals surface area contributed by atoms with Crippen molar-refractivity contribution in [3.05, 3.63) is 22.7 Å². The molecule has 0 bridgehead atoms. The van der Waals surface area contributed by atoms with Crippen LogP contribution in [-0.4, -0.2) is 14.5 Å². The molecule has 4 nitrogen and oxygen atoms in total. The zero-order valence-electron chi connectivity index (χ0n) is 10.2. The number of sulfonamides is 1. The lowest BCUT2D eigenvalue weighted by atomic mass is 10.2. The van der Waals surface area contributed by atoms with Gasteiger partial charge in [0.05, 0.1) is 21.6 Å². The number of nitrogen functional groups attached to an aromatic ring is 1. The molecule has 0 heterocycles. The highest BCUT2D eigenvalue weighted by Gasteiger charge is 2.19. The summed E-state index contributed by atoms with van der Waals surface area (Å²) in [6.07, 6.45) is 5.74. The summed E-state index contributed by atoms with van der Waals surface area (Å²) in [4.78, 5) is 0.0654. The fourth-order valence-corrected chi connectivity index (χ4v) is 2.88. The van der Waals surface area contributed by atoms with Crippen LogP contribution in [0.15, 0.2) is 17.0 Å². The van der Waals surface area contributed by atoms with Gasteiger partial charge in [0.25, 0.3) is 0 Å². The quantitative estimate of drug-likeness (QED) is 0.656. The number of nitrogens with one attached hydrogen (secondary N) is 1. The number of rotatable bonds is 4. The molecule has 1 rings (SSSR count). The van der Waals surface area contributed by atoms with Crippen molar-refractivity contribution in [1.82, 2.24) is 4.72 Å². The molecule has 0 aromatic heterocycles. The minimum absolute atomic E-state index is 0.0654. The van der Waals surface area contributed by atoms with Crippen molar-refractivity contribution in [2.24, 2.45) is 0 Å². The van der Waals surface area contributed by atoms with Gasteiger partial charge in [-0.05, 0) is 31.0 Å². The maximum Gasteiger partial charge on any atom is 0.241 e. The van der Waals surface area contributed by atoms with E-state index in [0.717, 1.165) is 0 Å². The average Bonchev–Trinajstić information content (AvgIpc) is 2.32. The number of aryl methyl sites for hydroxylation is 1. The van der Waals surface area contributed by atoms with Crippen LogP contribution >= 0.6 is 11.6 Å². The number of benzene rings is 1. The summed E-state index contributed by atoms with van der Waals surface area (Å²) in [6.45, 7) is 3.49. The number of hydrogen-bond donors (Lipinski definition) is 2. The van der Waals surface area contributed by atoms with Crippen molar-refractivity contribution < 1.29 is 8.42 Å². The first kappa shape index (κ1) is 14.8. The molecule has 0 saturated carbocycles. The van der Waals surface area contributed by atoms with Gasteiger partial charge in [0.2, 0.25) is 10.0 Å². The van der Waals surface area contributed by atoms with Gasteiger partial charge in [-0.3, -0.25) is 0 Å². The van der Waals surface area contributed by atoms with E-state index in [1.165, 1.54) is 12.1 Å². The largest absolute Gasteiger partial charge is 0.397 e. The van der Waals surface area contributed by atoms with Gasteiger partial charge in [0.1, 0.15) is 0 Å². The number of terminal acetylenes is 1. The molecule has 98 valence electrons. The second kappa shape index (κ2) is 5.61. The first-order chi connectivity index (χ1) is 8.31. The molecule has 0 fully saturated rings. The van der Waals surface area contributed by atoms with E-state index in [9.17, 15) is 8.42 Å². The summed E-state index contributed by atoms with van der Waals surface area (Å²) in [5.41, 5.74) is 6.48. The molecule has 0 spiro atoms. The SMILES string of the molecule is C#CC(CC)NS(=O)(=O)c1cc(C)c(Cl)c(N)c1. The van der Waals surface area contributed by atoms with E-state index in [1.54, 1.807) is 13.8 Å². The van der Waals surface area contributed by atoms with Gasteiger partial charge in [-0.1, -0.05) is 24.4 Å². The van der Waals surface area contributed by atoms with Gasteiger partial charge in [-0.15, -0.1) is 6.42 Å². The first-order valence-corrected chi connectivity index (χ1v) is 7.22. The number of hydrogen-bond acceptors (Lipinski definition) is 3. The predicted molar refractivity (Wildman–Crippen MR) is 73.8 cm³/mol. The van der Waals surface area contributed by atoms with Gasteiger partial charge in [0, 0.05) is 0 Å². The lowest BCUT2D eigenvalue weighted by molar-refractivity contribution is 0.570. The summed E-state index contributed by atoms with van der Waals surface area (Å²) in [5.74, 6) is 2.37. The Bertz CT molecular complexity index is 568. The van der Waals surface area contributed by atoms with Crippen LogP contribution < -0.4 is 10.5 Å². The molecule has 3 N–H and O–H groups in total. The highest BCUT2D eigenvalue weighted by molar-refractivity contribution is 7.89. The summed E-state index contributed by atoms with van der Waals surface area (Å²) >= 11 is 5.89. The normalized spacial score (nSPS) is 13.0. The summed E-state index contributed by atoms with van der Waals surface area (Å²) in [5, 5.41) is 0.359. The smallest absolute Gasteiger partial charge is 0.241 e. The van der Waals surface area contributed by atoms with Crippen molar-refractivity contribution in [2.75, 3.05) is 5.73 Å². The molecule has 0 saturated heterocycles. The molecule has 0 aliphatic rings. The third-order valence-electron chi connectivity index (χ3n) is 2.47. The molecule has 6 heteroatoms. The zero-order valence-corrected chi connectivity index (χ0v) is 11.8. The van der Waals surface area contributed by atoms with Gasteiger partial charge < -0.3 is 5.73 Å². The third-order valence-corrected chi connectivity index (χ3v) is 4.44. The van der Waals surface area contributed by atoms with Crippen LogP contribution in [0.25, 0.3) is 0 Å². The van der Waals surface area contributed by atoms with E-state index >= 15 is 0 Å². The van der Waals surface area contributed by atoms with Crippen molar-refractivity contribution in [1.29, 1.82) is 0 Å². The number of anilines is 1. The number of halogens is 1. The Labute approximate surface area is 113 Å². The highest BCUT2D eigenvalue weighted by Crippen LogP contribution is 2.26. The van der Waals surface area contributed by atoms with Crippen molar-refractivity contribution in [3.63, 3.8) is 0 Å². The van der Waals surface area contributed by atoms with Crippen molar-refractivity contribution in [2.45, 2.75) is 31.2 Å². The molecular weight excluding hydrogens is 272 g/mol. The van der Waals surface area contributed by atoms with E-state index in [4.69, 9.17) is 23.8 Å². The Kier molecular flexibility index (Phi) is 4.63. The zero-order chi connectivity index (χ0) is 13.9. The van der Waals surface area contributed by atoms with Gasteiger partial charge >= 0.3 is 0 Å². The molecule has 18 heavy (non-hydrogen) atoms. The van der Waals surface area contributed by atoms with E-state index in [0.29, 0.717) is 17.0 Å². The number of nitrogens with two attached hydrogens (primary N) is 1. The van der Waals surface area contributed by atoms with E-state index < -0.39 is 16.1 Å². The first-order valence-electron chi connectivity index (χ1n) is 5.36. The fourth-order valence-electron chi connectivity index (χ4n) is 1.41. The monoisotopic (exact) mass is 286 g/mol. The Hall–Kier alpha value is -1.22. The van der Waals surface area contributed by atoms with Crippen LogP contribution in [0.4, 0.5) is 5.69 Å². The Morgan fingerprint density at radius 2 is 2.17 bits per heavy atom. The van der Waals surface area contributed by atoms with Crippen LogP contribution in [-0.2, 0) is 10.0 Å². The van der Waals surface area contributed by atoms with E-state index in [2.05, 4.69) is 10.6 Å². The third kappa shape index (κ3) is 3.16. The predicted octanol–water partition coefficient (Wildman–Crippen LogP) is 1.92. The minimum Gasteiger partial charge on any atom is -0.397 e. The molecule has 1 aromatic carbocycles. The minimum atomic E-state index is -3.68. The lowest BCUT2D eigenvalue weighted by Gasteiger charge is -2.13. The Morgan fingerprint density at radius 3 is 2.61 bits per heavy atom. The summed E-state index contributed by atoms with van der Waals surface area (Å²) in [7, 11) is -3.68. The second-order valence-corrected chi connectivity index (χ2v) is 5.98. The van der Waals surface area contributed by atoms with E-state index in [-0.39, 0.29) is 10.6 Å². The Balaban J connectivity index is 3.18. The van der Waals surface area contributed by atoms with Gasteiger partial charge in [-0.2, -0.15) is 4.72 Å². The summed E-state index contributed by atoms with van der Waals surface area (Å²) < 4.78 is 26.6. The van der Waals surface area contributed by atoms with Gasteiger partial charge in [0.15, 0.2) is 0 Å². The molecule has 0 aliphatic heterocycles. The van der Waals surface area contributed by atoms with Crippen LogP contribution in [0, 0.1) is 19.3 Å². The van der Waals surface area contributed by atoms with Crippen LogP contribution in [0.1, 0.15) is 18.9 Å². The summed E-state index contributed by atoms with van der Waals surface area (Å²) in [6, 6.07) is 2.25. The van der Waals surface area contributed by atoms with Crippen molar-refractivity contribution >= 4 is 27.3 Å². The van der Waals surface area contributed by atoms with E-state index in [1.807, 2.05) is 0 Å². The topological polar surface area (TPSA) is 72.2 Å². The average molecular weight is 287 g/mol. The van der Waals surface area contributed by atoms with Gasteiger partial charge in [-0.25, -0.2) is 8.42 Å². The van der Waals surface area contributed by atoms with Crippen LogP contribution in [0.2, 0.25) is 5.02 Å². The molecule has 0 amide bonds.